The smallest absolute Gasteiger partial charge is 0.306 e. The fourth-order valence-electron chi connectivity index (χ4n) is 1.71. The molecule has 116 valence electrons. The fourth-order valence-corrected chi connectivity index (χ4v) is 1.71. The van der Waals surface area contributed by atoms with Gasteiger partial charge in [-0.15, -0.1) is 0 Å². The zero-order valence-corrected chi connectivity index (χ0v) is 12.8. The molecule has 0 aliphatic carbocycles. The molecule has 0 fully saturated rings. The van der Waals surface area contributed by atoms with Crippen LogP contribution in [0, 0.1) is 0 Å². The molecular weight excluding hydrogens is 270 g/mol. The SMILES string of the molecule is CC(C)(C)OC(=O)CCC(=O)NCCc1ccc(O)cc1. The van der Waals surface area contributed by atoms with E-state index in [0.717, 1.165) is 5.56 Å². The van der Waals surface area contributed by atoms with Crippen LogP contribution >= 0.6 is 0 Å². The number of aromatic hydroxyl groups is 1. The molecule has 0 bridgehead atoms. The van der Waals surface area contributed by atoms with E-state index in [4.69, 9.17) is 9.84 Å². The average Bonchev–Trinajstić information content (AvgIpc) is 2.37. The molecule has 1 aromatic carbocycles. The van der Waals surface area contributed by atoms with Gasteiger partial charge < -0.3 is 15.2 Å². The molecular formula is C16H23NO4. The molecule has 0 aliphatic rings. The third kappa shape index (κ3) is 7.97. The van der Waals surface area contributed by atoms with Crippen molar-refractivity contribution >= 4 is 11.9 Å². The predicted octanol–water partition coefficient (Wildman–Crippen LogP) is 2.17. The maximum absolute atomic E-state index is 11.6. The minimum Gasteiger partial charge on any atom is -0.508 e. The lowest BCUT2D eigenvalue weighted by atomic mass is 10.1. The highest BCUT2D eigenvalue weighted by molar-refractivity contribution is 5.81. The van der Waals surface area contributed by atoms with Crippen LogP contribution in [0.3, 0.4) is 0 Å². The van der Waals surface area contributed by atoms with Crippen molar-refractivity contribution < 1.29 is 19.4 Å². The number of esters is 1. The van der Waals surface area contributed by atoms with Gasteiger partial charge in [0.05, 0.1) is 6.42 Å². The largest absolute Gasteiger partial charge is 0.508 e. The Morgan fingerprint density at radius 2 is 1.76 bits per heavy atom. The Kier molecular flexibility index (Phi) is 6.21. The molecule has 2 N–H and O–H groups in total. The van der Waals surface area contributed by atoms with Crippen LogP contribution in [0.1, 0.15) is 39.2 Å². The number of rotatable bonds is 6. The monoisotopic (exact) mass is 293 g/mol. The Labute approximate surface area is 125 Å². The van der Waals surface area contributed by atoms with E-state index in [-0.39, 0.29) is 30.5 Å². The van der Waals surface area contributed by atoms with Crippen molar-refractivity contribution in [2.75, 3.05) is 6.54 Å². The van der Waals surface area contributed by atoms with E-state index in [1.165, 1.54) is 0 Å². The fraction of sp³-hybridized carbons (Fsp3) is 0.500. The van der Waals surface area contributed by atoms with Crippen LogP contribution in [0.5, 0.6) is 5.75 Å². The number of hydrogen-bond acceptors (Lipinski definition) is 4. The Bertz CT molecular complexity index is 474. The summed E-state index contributed by atoms with van der Waals surface area (Å²) in [7, 11) is 0. The summed E-state index contributed by atoms with van der Waals surface area (Å²) in [5.74, 6) is -0.309. The molecule has 0 aliphatic heterocycles. The number of benzene rings is 1. The second-order valence-electron chi connectivity index (χ2n) is 5.85. The highest BCUT2D eigenvalue weighted by atomic mass is 16.6. The molecule has 5 heteroatoms. The normalized spacial score (nSPS) is 11.0. The predicted molar refractivity (Wildman–Crippen MR) is 79.9 cm³/mol. The lowest BCUT2D eigenvalue weighted by Crippen LogP contribution is -2.28. The molecule has 0 radical (unpaired) electrons. The summed E-state index contributed by atoms with van der Waals surface area (Å²) in [6.07, 6.45) is 0.894. The van der Waals surface area contributed by atoms with Gasteiger partial charge in [-0.25, -0.2) is 0 Å². The maximum Gasteiger partial charge on any atom is 0.306 e. The van der Waals surface area contributed by atoms with Gasteiger partial charge in [-0.1, -0.05) is 12.1 Å². The topological polar surface area (TPSA) is 75.6 Å². The Hall–Kier alpha value is -2.04. The van der Waals surface area contributed by atoms with Gasteiger partial charge in [0.25, 0.3) is 0 Å². The van der Waals surface area contributed by atoms with Crippen molar-refractivity contribution in [1.29, 1.82) is 0 Å². The van der Waals surface area contributed by atoms with Gasteiger partial charge in [-0.3, -0.25) is 9.59 Å². The first kappa shape index (κ1) is 17.0. The highest BCUT2D eigenvalue weighted by Crippen LogP contribution is 2.10. The number of carbonyl (C=O) groups is 2. The van der Waals surface area contributed by atoms with Crippen molar-refractivity contribution in [1.82, 2.24) is 5.32 Å². The van der Waals surface area contributed by atoms with E-state index in [2.05, 4.69) is 5.32 Å². The van der Waals surface area contributed by atoms with Crippen molar-refractivity contribution in [2.45, 2.75) is 45.6 Å². The number of phenols is 1. The number of carbonyl (C=O) groups excluding carboxylic acids is 2. The Morgan fingerprint density at radius 1 is 1.14 bits per heavy atom. The van der Waals surface area contributed by atoms with E-state index >= 15 is 0 Å². The molecule has 0 unspecified atom stereocenters. The van der Waals surface area contributed by atoms with Crippen molar-refractivity contribution in [3.8, 4) is 5.75 Å². The minimum atomic E-state index is -0.521. The van der Waals surface area contributed by atoms with Crippen molar-refractivity contribution in [2.24, 2.45) is 0 Å². The molecule has 1 rings (SSSR count). The zero-order valence-electron chi connectivity index (χ0n) is 12.8. The Morgan fingerprint density at radius 3 is 2.33 bits per heavy atom. The summed E-state index contributed by atoms with van der Waals surface area (Å²) in [6.45, 7) is 5.88. The van der Waals surface area contributed by atoms with E-state index in [1.807, 2.05) is 12.1 Å². The molecule has 0 aromatic heterocycles. The molecule has 21 heavy (non-hydrogen) atoms. The maximum atomic E-state index is 11.6. The Balaban J connectivity index is 2.19. The third-order valence-electron chi connectivity index (χ3n) is 2.65. The second kappa shape index (κ2) is 7.67. The summed E-state index contributed by atoms with van der Waals surface area (Å²) < 4.78 is 5.13. The zero-order chi connectivity index (χ0) is 15.9. The molecule has 0 saturated heterocycles. The average molecular weight is 293 g/mol. The van der Waals surface area contributed by atoms with Crippen LogP contribution in [-0.4, -0.2) is 29.1 Å². The van der Waals surface area contributed by atoms with Gasteiger partial charge in [-0.05, 0) is 44.9 Å². The summed E-state index contributed by atoms with van der Waals surface area (Å²) in [6, 6.07) is 6.84. The summed E-state index contributed by atoms with van der Waals surface area (Å²) in [4.78, 5) is 23.1. The molecule has 1 aromatic rings. The molecule has 1 amide bonds. The number of ether oxygens (including phenoxy) is 1. The molecule has 5 nitrogen and oxygen atoms in total. The number of amides is 1. The van der Waals surface area contributed by atoms with Gasteiger partial charge in [0, 0.05) is 13.0 Å². The van der Waals surface area contributed by atoms with Gasteiger partial charge in [0.15, 0.2) is 0 Å². The highest BCUT2D eigenvalue weighted by Gasteiger charge is 2.16. The van der Waals surface area contributed by atoms with Crippen LogP contribution in [0.4, 0.5) is 0 Å². The van der Waals surface area contributed by atoms with E-state index in [9.17, 15) is 9.59 Å². The molecule has 0 heterocycles. The third-order valence-corrected chi connectivity index (χ3v) is 2.65. The quantitative estimate of drug-likeness (QED) is 0.788. The summed E-state index contributed by atoms with van der Waals surface area (Å²) >= 11 is 0. The van der Waals surface area contributed by atoms with E-state index in [1.54, 1.807) is 32.9 Å². The standard InChI is InChI=1S/C16H23NO4/c1-16(2,3)21-15(20)9-8-14(19)17-11-10-12-4-6-13(18)7-5-12/h4-7,18H,8-11H2,1-3H3,(H,17,19). The second-order valence-corrected chi connectivity index (χ2v) is 5.85. The van der Waals surface area contributed by atoms with Crippen LogP contribution < -0.4 is 5.32 Å². The van der Waals surface area contributed by atoms with Crippen molar-refractivity contribution in [3.05, 3.63) is 29.8 Å². The summed E-state index contributed by atoms with van der Waals surface area (Å²) in [5.41, 5.74) is 0.507. The number of phenolic OH excluding ortho intramolecular Hbond substituents is 1. The van der Waals surface area contributed by atoms with Gasteiger partial charge in [0.2, 0.25) is 5.91 Å². The molecule has 0 spiro atoms. The first-order chi connectivity index (χ1) is 9.76. The van der Waals surface area contributed by atoms with Gasteiger partial charge >= 0.3 is 5.97 Å². The van der Waals surface area contributed by atoms with Crippen molar-refractivity contribution in [3.63, 3.8) is 0 Å². The van der Waals surface area contributed by atoms with Crippen LogP contribution in [0.2, 0.25) is 0 Å². The molecule has 0 atom stereocenters. The van der Waals surface area contributed by atoms with Gasteiger partial charge in [-0.2, -0.15) is 0 Å². The van der Waals surface area contributed by atoms with Crippen LogP contribution in [0.25, 0.3) is 0 Å². The van der Waals surface area contributed by atoms with Crippen LogP contribution in [-0.2, 0) is 20.7 Å². The first-order valence-corrected chi connectivity index (χ1v) is 7.03. The number of hydrogen-bond donors (Lipinski definition) is 2. The van der Waals surface area contributed by atoms with E-state index < -0.39 is 5.60 Å². The minimum absolute atomic E-state index is 0.0856. The lowest BCUT2D eigenvalue weighted by molar-refractivity contribution is -0.155. The van der Waals surface area contributed by atoms with E-state index in [0.29, 0.717) is 13.0 Å². The summed E-state index contributed by atoms with van der Waals surface area (Å²) in [5, 5.41) is 11.9. The van der Waals surface area contributed by atoms with Crippen LogP contribution in [0.15, 0.2) is 24.3 Å². The number of nitrogens with one attached hydrogen (secondary N) is 1. The van der Waals surface area contributed by atoms with Gasteiger partial charge in [0.1, 0.15) is 11.4 Å². The molecule has 0 saturated carbocycles. The first-order valence-electron chi connectivity index (χ1n) is 7.03. The lowest BCUT2D eigenvalue weighted by Gasteiger charge is -2.19.